The lowest BCUT2D eigenvalue weighted by Gasteiger charge is -2.33. The van der Waals surface area contributed by atoms with Crippen molar-refractivity contribution in [1.82, 2.24) is 10.2 Å². The number of hydrogen-bond acceptors (Lipinski definition) is 2. The van der Waals surface area contributed by atoms with E-state index >= 15 is 0 Å². The van der Waals surface area contributed by atoms with E-state index < -0.39 is 6.04 Å². The maximum atomic E-state index is 13.8. The lowest BCUT2D eigenvalue weighted by atomic mass is 9.94. The van der Waals surface area contributed by atoms with Gasteiger partial charge in [0.05, 0.1) is 6.42 Å². The molecule has 4 nitrogen and oxygen atoms in total. The van der Waals surface area contributed by atoms with E-state index in [9.17, 15) is 9.59 Å². The molecule has 1 fully saturated rings. The second-order valence-corrected chi connectivity index (χ2v) is 10.3. The van der Waals surface area contributed by atoms with Gasteiger partial charge in [-0.1, -0.05) is 103 Å². The van der Waals surface area contributed by atoms with Crippen LogP contribution in [0.3, 0.4) is 0 Å². The van der Waals surface area contributed by atoms with Crippen LogP contribution < -0.4 is 5.32 Å². The van der Waals surface area contributed by atoms with Gasteiger partial charge in [0.1, 0.15) is 6.04 Å². The number of nitrogens with zero attached hydrogens (tertiary/aromatic N) is 1. The van der Waals surface area contributed by atoms with E-state index in [-0.39, 0.29) is 30.8 Å². The zero-order valence-electron chi connectivity index (χ0n) is 20.3. The molecule has 0 spiro atoms. The Morgan fingerprint density at radius 2 is 1.56 bits per heavy atom. The molecule has 1 saturated carbocycles. The highest BCUT2D eigenvalue weighted by Crippen LogP contribution is 2.22. The van der Waals surface area contributed by atoms with E-state index in [1.54, 1.807) is 17.0 Å². The summed E-state index contributed by atoms with van der Waals surface area (Å²) in [5.74, 6) is -0.261. The first-order valence-corrected chi connectivity index (χ1v) is 13.4. The quantitative estimate of drug-likeness (QED) is 0.343. The standard InChI is InChI=1S/C30H32Cl2N2O2/c31-25-14-9-12-23(18-25)21-34(29(35)20-24-13-7-8-17-27(24)32)28(19-22-10-3-1-4-11-22)30(36)33-26-15-5-2-6-16-26/h1,3-4,7-14,17-18,26,28H,2,5-6,15-16,19-21H2,(H,33,36). The van der Waals surface area contributed by atoms with Gasteiger partial charge >= 0.3 is 0 Å². The van der Waals surface area contributed by atoms with Crippen molar-refractivity contribution < 1.29 is 9.59 Å². The zero-order valence-corrected chi connectivity index (χ0v) is 21.8. The summed E-state index contributed by atoms with van der Waals surface area (Å²) in [4.78, 5) is 29.3. The van der Waals surface area contributed by atoms with Crippen LogP contribution in [0.5, 0.6) is 0 Å². The lowest BCUT2D eigenvalue weighted by molar-refractivity contribution is -0.141. The third kappa shape index (κ3) is 7.35. The number of hydrogen-bond donors (Lipinski definition) is 1. The highest BCUT2D eigenvalue weighted by atomic mass is 35.5. The van der Waals surface area contributed by atoms with Gasteiger partial charge in [-0.15, -0.1) is 0 Å². The maximum Gasteiger partial charge on any atom is 0.243 e. The predicted molar refractivity (Wildman–Crippen MR) is 146 cm³/mol. The molecule has 1 aliphatic rings. The molecule has 0 aromatic heterocycles. The van der Waals surface area contributed by atoms with Crippen LogP contribution in [0.25, 0.3) is 0 Å². The van der Waals surface area contributed by atoms with E-state index in [0.29, 0.717) is 16.5 Å². The van der Waals surface area contributed by atoms with Gasteiger partial charge in [0.15, 0.2) is 0 Å². The van der Waals surface area contributed by atoms with Crippen LogP contribution in [-0.2, 0) is 29.0 Å². The summed E-state index contributed by atoms with van der Waals surface area (Å²) >= 11 is 12.6. The average Bonchev–Trinajstić information content (AvgIpc) is 2.88. The Kier molecular flexibility index (Phi) is 9.43. The minimum absolute atomic E-state index is 0.111. The predicted octanol–water partition coefficient (Wildman–Crippen LogP) is 6.62. The Balaban J connectivity index is 1.66. The van der Waals surface area contributed by atoms with Crippen molar-refractivity contribution >= 4 is 35.0 Å². The fourth-order valence-electron chi connectivity index (χ4n) is 4.84. The molecule has 1 atom stereocenters. The molecule has 0 aliphatic heterocycles. The summed E-state index contributed by atoms with van der Waals surface area (Å²) in [6.45, 7) is 0.277. The molecule has 0 bridgehead atoms. The van der Waals surface area contributed by atoms with Gasteiger partial charge in [0.25, 0.3) is 0 Å². The molecule has 2 amide bonds. The van der Waals surface area contributed by atoms with Crippen LogP contribution >= 0.6 is 23.2 Å². The number of rotatable bonds is 9. The van der Waals surface area contributed by atoms with Gasteiger partial charge in [-0.05, 0) is 47.7 Å². The number of carbonyl (C=O) groups excluding carboxylic acids is 2. The van der Waals surface area contributed by atoms with Crippen LogP contribution in [0.2, 0.25) is 10.0 Å². The minimum Gasteiger partial charge on any atom is -0.352 e. The van der Waals surface area contributed by atoms with E-state index in [1.807, 2.05) is 66.7 Å². The van der Waals surface area contributed by atoms with E-state index in [2.05, 4.69) is 5.32 Å². The Morgan fingerprint density at radius 3 is 2.28 bits per heavy atom. The molecule has 1 unspecified atom stereocenters. The van der Waals surface area contributed by atoms with Gasteiger partial charge in [-0.3, -0.25) is 9.59 Å². The van der Waals surface area contributed by atoms with Crippen molar-refractivity contribution in [2.24, 2.45) is 0 Å². The smallest absolute Gasteiger partial charge is 0.243 e. The second-order valence-electron chi connectivity index (χ2n) is 9.47. The summed E-state index contributed by atoms with van der Waals surface area (Å²) in [5, 5.41) is 4.40. The molecule has 36 heavy (non-hydrogen) atoms. The molecule has 6 heteroatoms. The SMILES string of the molecule is O=C(NC1CCCCC1)C(Cc1ccccc1)N(Cc1cccc(Cl)c1)C(=O)Cc1ccccc1Cl. The van der Waals surface area contributed by atoms with E-state index in [4.69, 9.17) is 23.2 Å². The first-order valence-electron chi connectivity index (χ1n) is 12.6. The maximum absolute atomic E-state index is 13.8. The number of nitrogens with one attached hydrogen (secondary N) is 1. The van der Waals surface area contributed by atoms with Crippen molar-refractivity contribution in [1.29, 1.82) is 0 Å². The molecular formula is C30H32Cl2N2O2. The fourth-order valence-corrected chi connectivity index (χ4v) is 5.25. The van der Waals surface area contributed by atoms with Crippen LogP contribution in [-0.4, -0.2) is 28.8 Å². The normalized spacial score (nSPS) is 14.7. The van der Waals surface area contributed by atoms with Crippen LogP contribution in [0.1, 0.15) is 48.8 Å². The van der Waals surface area contributed by atoms with Crippen molar-refractivity contribution in [3.8, 4) is 0 Å². The van der Waals surface area contributed by atoms with Gasteiger partial charge in [0, 0.05) is 29.1 Å². The Morgan fingerprint density at radius 1 is 0.861 bits per heavy atom. The highest BCUT2D eigenvalue weighted by Gasteiger charge is 2.32. The summed E-state index contributed by atoms with van der Waals surface area (Å²) in [6.07, 6.45) is 5.93. The fraction of sp³-hybridized carbons (Fsp3) is 0.333. The van der Waals surface area contributed by atoms with Crippen LogP contribution in [0, 0.1) is 0 Å². The third-order valence-corrected chi connectivity index (χ3v) is 7.37. The molecule has 0 radical (unpaired) electrons. The summed E-state index contributed by atoms with van der Waals surface area (Å²) < 4.78 is 0. The lowest BCUT2D eigenvalue weighted by Crippen LogP contribution is -2.53. The van der Waals surface area contributed by atoms with Gasteiger partial charge in [0.2, 0.25) is 11.8 Å². The van der Waals surface area contributed by atoms with Crippen molar-refractivity contribution in [3.05, 3.63) is 106 Å². The van der Waals surface area contributed by atoms with Crippen molar-refractivity contribution in [2.75, 3.05) is 0 Å². The van der Waals surface area contributed by atoms with Gasteiger partial charge < -0.3 is 10.2 Å². The molecule has 1 N–H and O–H groups in total. The summed E-state index contributed by atoms with van der Waals surface area (Å²) in [6, 6.07) is 24.1. The molecule has 0 saturated heterocycles. The van der Waals surface area contributed by atoms with Crippen molar-refractivity contribution in [2.45, 2.75) is 63.6 Å². The molecule has 3 aromatic rings. The molecular weight excluding hydrogens is 491 g/mol. The summed E-state index contributed by atoms with van der Waals surface area (Å²) in [5.41, 5.74) is 2.62. The molecule has 4 rings (SSSR count). The third-order valence-electron chi connectivity index (χ3n) is 6.76. The highest BCUT2D eigenvalue weighted by molar-refractivity contribution is 6.31. The first-order chi connectivity index (χ1) is 17.5. The topological polar surface area (TPSA) is 49.4 Å². The van der Waals surface area contributed by atoms with E-state index in [1.165, 1.54) is 6.42 Å². The zero-order chi connectivity index (χ0) is 25.3. The molecule has 3 aromatic carbocycles. The Bertz CT molecular complexity index is 1160. The summed E-state index contributed by atoms with van der Waals surface area (Å²) in [7, 11) is 0. The number of carbonyl (C=O) groups is 2. The molecule has 1 aliphatic carbocycles. The largest absolute Gasteiger partial charge is 0.352 e. The Labute approximate surface area is 223 Å². The number of halogens is 2. The van der Waals surface area contributed by atoms with Gasteiger partial charge in [-0.2, -0.15) is 0 Å². The molecule has 0 heterocycles. The van der Waals surface area contributed by atoms with Gasteiger partial charge in [-0.25, -0.2) is 0 Å². The second kappa shape index (κ2) is 12.9. The van der Waals surface area contributed by atoms with Crippen LogP contribution in [0.15, 0.2) is 78.9 Å². The van der Waals surface area contributed by atoms with Crippen molar-refractivity contribution in [3.63, 3.8) is 0 Å². The monoisotopic (exact) mass is 522 g/mol. The number of benzene rings is 3. The van der Waals surface area contributed by atoms with Crippen LogP contribution in [0.4, 0.5) is 0 Å². The minimum atomic E-state index is -0.664. The first kappa shape index (κ1) is 26.2. The van der Waals surface area contributed by atoms with E-state index in [0.717, 1.165) is 42.4 Å². The molecule has 188 valence electrons. The average molecular weight is 524 g/mol. The Hall–Kier alpha value is -2.82. The number of amides is 2.